The molecule has 0 aromatic heterocycles. The van der Waals surface area contributed by atoms with Gasteiger partial charge in [0.2, 0.25) is 0 Å². The number of hydrogen-bond acceptors (Lipinski definition) is 8. The summed E-state index contributed by atoms with van der Waals surface area (Å²) in [5, 5.41) is 0. The van der Waals surface area contributed by atoms with Crippen LogP contribution in [0.5, 0.6) is 0 Å². The summed E-state index contributed by atoms with van der Waals surface area (Å²) in [6.45, 7) is 20.4. The van der Waals surface area contributed by atoms with Gasteiger partial charge in [-0.2, -0.15) is 0 Å². The van der Waals surface area contributed by atoms with Gasteiger partial charge in [0.15, 0.2) is 0 Å². The van der Waals surface area contributed by atoms with Crippen LogP contribution in [-0.4, -0.2) is 47.3 Å². The summed E-state index contributed by atoms with van der Waals surface area (Å²) >= 11 is 0. The molecular formula is C24H42O8. The van der Waals surface area contributed by atoms with Crippen molar-refractivity contribution < 1.29 is 38.1 Å². The van der Waals surface area contributed by atoms with Gasteiger partial charge in [0.1, 0.15) is 23.4 Å². The molecule has 0 aliphatic heterocycles. The minimum Gasteiger partial charge on any atom is -0.462 e. The highest BCUT2D eigenvalue weighted by Crippen LogP contribution is 2.25. The van der Waals surface area contributed by atoms with Gasteiger partial charge in [-0.3, -0.25) is 9.59 Å². The summed E-state index contributed by atoms with van der Waals surface area (Å²) in [5.41, 5.74) is -3.42. The quantitative estimate of drug-likeness (QED) is 0.300. The Balaban J connectivity index is 4.84. The Morgan fingerprint density at radius 3 is 1.03 bits per heavy atom. The molecule has 0 rings (SSSR count). The van der Waals surface area contributed by atoms with Crippen LogP contribution in [0.1, 0.15) is 95.9 Å². The molecule has 0 fully saturated rings. The summed E-state index contributed by atoms with van der Waals surface area (Å²) in [6.07, 6.45) is -0.626. The van der Waals surface area contributed by atoms with Crippen molar-refractivity contribution in [1.29, 1.82) is 0 Å². The number of hydrogen-bond donors (Lipinski definition) is 0. The Labute approximate surface area is 192 Å². The zero-order valence-corrected chi connectivity index (χ0v) is 21.8. The third-order valence-electron chi connectivity index (χ3n) is 4.30. The number of ether oxygens (including phenoxy) is 4. The zero-order chi connectivity index (χ0) is 25.7. The van der Waals surface area contributed by atoms with Gasteiger partial charge < -0.3 is 18.9 Å². The minimum absolute atomic E-state index is 0.205. The highest BCUT2D eigenvalue weighted by molar-refractivity contribution is 6.29. The van der Waals surface area contributed by atoms with Crippen molar-refractivity contribution in [3.8, 4) is 0 Å². The molecule has 8 nitrogen and oxygen atoms in total. The van der Waals surface area contributed by atoms with Gasteiger partial charge in [0, 0.05) is 12.8 Å². The summed E-state index contributed by atoms with van der Waals surface area (Å²) in [6, 6.07) is 0. The largest absolute Gasteiger partial charge is 0.462 e. The second-order valence-corrected chi connectivity index (χ2v) is 11.6. The lowest BCUT2D eigenvalue weighted by atomic mass is 9.96. The van der Waals surface area contributed by atoms with Gasteiger partial charge in [-0.25, -0.2) is 9.59 Å². The van der Waals surface area contributed by atoms with Crippen molar-refractivity contribution in [2.75, 3.05) is 0 Å². The summed E-state index contributed by atoms with van der Waals surface area (Å²) in [5.74, 6) is -3.02. The summed E-state index contributed by atoms with van der Waals surface area (Å²) in [7, 11) is 0. The lowest BCUT2D eigenvalue weighted by molar-refractivity contribution is -0.187. The van der Waals surface area contributed by atoms with Crippen LogP contribution < -0.4 is 0 Å². The standard InChI is InChI=1S/C24H42O8/c1-15(29-19(27)21(3,4)5)13-23(9,10)31-17(25)18(26)32-24(11,12)14-16(2)30-20(28)22(6,7)8/h15-16H,13-14H2,1-12H3. The van der Waals surface area contributed by atoms with Gasteiger partial charge in [0.05, 0.1) is 10.8 Å². The normalized spacial score (nSPS) is 14.8. The van der Waals surface area contributed by atoms with E-state index in [1.165, 1.54) is 0 Å². The van der Waals surface area contributed by atoms with E-state index in [-0.39, 0.29) is 24.8 Å². The highest BCUT2D eigenvalue weighted by Gasteiger charge is 2.36. The molecule has 0 saturated heterocycles. The van der Waals surface area contributed by atoms with E-state index < -0.39 is 46.2 Å². The maximum atomic E-state index is 12.3. The molecule has 0 spiro atoms. The number of esters is 4. The molecule has 2 unspecified atom stereocenters. The maximum Gasteiger partial charge on any atom is 0.418 e. The zero-order valence-electron chi connectivity index (χ0n) is 21.8. The minimum atomic E-state index is -1.14. The molecule has 32 heavy (non-hydrogen) atoms. The molecule has 0 aliphatic rings. The smallest absolute Gasteiger partial charge is 0.418 e. The van der Waals surface area contributed by atoms with Crippen molar-refractivity contribution in [2.24, 2.45) is 10.8 Å². The Morgan fingerprint density at radius 1 is 0.562 bits per heavy atom. The Morgan fingerprint density at radius 2 is 0.812 bits per heavy atom. The van der Waals surface area contributed by atoms with E-state index in [0.717, 1.165) is 0 Å². The Kier molecular flexibility index (Phi) is 9.96. The van der Waals surface area contributed by atoms with E-state index in [2.05, 4.69) is 0 Å². The fraction of sp³-hybridized carbons (Fsp3) is 0.833. The van der Waals surface area contributed by atoms with Gasteiger partial charge >= 0.3 is 23.9 Å². The van der Waals surface area contributed by atoms with E-state index in [1.54, 1.807) is 83.1 Å². The molecular weight excluding hydrogens is 416 g/mol. The first-order valence-corrected chi connectivity index (χ1v) is 10.9. The second kappa shape index (κ2) is 10.7. The molecule has 0 heterocycles. The van der Waals surface area contributed by atoms with Crippen molar-refractivity contribution in [3.63, 3.8) is 0 Å². The lowest BCUT2D eigenvalue weighted by Gasteiger charge is -2.31. The SMILES string of the molecule is CC(CC(C)(C)OC(=O)C(=O)OC(C)(C)CC(C)OC(=O)C(C)(C)C)OC(=O)C(C)(C)C. The number of carbonyl (C=O) groups is 4. The summed E-state index contributed by atoms with van der Waals surface area (Å²) < 4.78 is 21.4. The van der Waals surface area contributed by atoms with Gasteiger partial charge in [-0.05, 0) is 83.1 Å². The topological polar surface area (TPSA) is 105 Å². The van der Waals surface area contributed by atoms with Gasteiger partial charge in [0.25, 0.3) is 0 Å². The molecule has 0 amide bonds. The van der Waals surface area contributed by atoms with Crippen LogP contribution >= 0.6 is 0 Å². The Hall–Kier alpha value is -2.12. The first-order valence-electron chi connectivity index (χ1n) is 10.9. The predicted molar refractivity (Wildman–Crippen MR) is 120 cm³/mol. The molecule has 0 N–H and O–H groups in total. The van der Waals surface area contributed by atoms with Gasteiger partial charge in [-0.15, -0.1) is 0 Å². The molecule has 0 radical (unpaired) electrons. The van der Waals surface area contributed by atoms with Crippen LogP contribution in [0, 0.1) is 10.8 Å². The van der Waals surface area contributed by atoms with Crippen molar-refractivity contribution >= 4 is 23.9 Å². The molecule has 8 heteroatoms. The van der Waals surface area contributed by atoms with E-state index in [0.29, 0.717) is 0 Å². The van der Waals surface area contributed by atoms with E-state index in [1.807, 2.05) is 0 Å². The van der Waals surface area contributed by atoms with Crippen LogP contribution in [0.25, 0.3) is 0 Å². The molecule has 0 aromatic rings. The number of carbonyl (C=O) groups excluding carboxylic acids is 4. The third-order valence-corrected chi connectivity index (χ3v) is 4.30. The van der Waals surface area contributed by atoms with Crippen molar-refractivity contribution in [2.45, 2.75) is 119 Å². The average Bonchev–Trinajstić information content (AvgIpc) is 2.50. The van der Waals surface area contributed by atoms with Crippen LogP contribution in [-0.2, 0) is 38.1 Å². The predicted octanol–water partition coefficient (Wildman–Crippen LogP) is 4.37. The van der Waals surface area contributed by atoms with Gasteiger partial charge in [-0.1, -0.05) is 0 Å². The van der Waals surface area contributed by atoms with Crippen LogP contribution in [0.15, 0.2) is 0 Å². The molecule has 186 valence electrons. The fourth-order valence-corrected chi connectivity index (χ4v) is 2.86. The van der Waals surface area contributed by atoms with Crippen LogP contribution in [0.4, 0.5) is 0 Å². The van der Waals surface area contributed by atoms with Crippen molar-refractivity contribution in [3.05, 3.63) is 0 Å². The van der Waals surface area contributed by atoms with Crippen LogP contribution in [0.2, 0.25) is 0 Å². The monoisotopic (exact) mass is 458 g/mol. The Bertz CT molecular complexity index is 632. The third kappa shape index (κ3) is 11.5. The first-order chi connectivity index (χ1) is 14.1. The lowest BCUT2D eigenvalue weighted by Crippen LogP contribution is -2.41. The maximum absolute atomic E-state index is 12.3. The molecule has 0 aromatic carbocycles. The van der Waals surface area contributed by atoms with E-state index in [4.69, 9.17) is 18.9 Å². The highest BCUT2D eigenvalue weighted by atomic mass is 16.6. The van der Waals surface area contributed by atoms with Crippen molar-refractivity contribution in [1.82, 2.24) is 0 Å². The number of rotatable bonds is 8. The summed E-state index contributed by atoms with van der Waals surface area (Å²) in [4.78, 5) is 48.7. The first kappa shape index (κ1) is 29.9. The molecule has 0 aliphatic carbocycles. The fourth-order valence-electron chi connectivity index (χ4n) is 2.86. The molecule has 0 saturated carbocycles. The van der Waals surface area contributed by atoms with Crippen LogP contribution in [0.3, 0.4) is 0 Å². The molecule has 0 bridgehead atoms. The van der Waals surface area contributed by atoms with E-state index in [9.17, 15) is 19.2 Å². The second-order valence-electron chi connectivity index (χ2n) is 11.6. The van der Waals surface area contributed by atoms with E-state index >= 15 is 0 Å². The average molecular weight is 459 g/mol. The molecule has 2 atom stereocenters.